The third-order valence-electron chi connectivity index (χ3n) is 5.79. The van der Waals surface area contributed by atoms with Gasteiger partial charge in [-0.05, 0) is 52.1 Å². The molecule has 152 valence electrons. The molecule has 3 atom stereocenters. The molecule has 0 radical (unpaired) electrons. The monoisotopic (exact) mass is 517 g/mol. The fourth-order valence-electron chi connectivity index (χ4n) is 3.54. The maximum atomic E-state index is 13.4. The van der Waals surface area contributed by atoms with Gasteiger partial charge in [0.2, 0.25) is 5.91 Å². The van der Waals surface area contributed by atoms with Crippen molar-refractivity contribution in [3.05, 3.63) is 49.8 Å². The number of carbonyl (C=O) groups excluding carboxylic acids is 1. The van der Waals surface area contributed by atoms with E-state index in [2.05, 4.69) is 26.0 Å². The van der Waals surface area contributed by atoms with Crippen molar-refractivity contribution in [2.24, 2.45) is 0 Å². The quantitative estimate of drug-likeness (QED) is 0.573. The summed E-state index contributed by atoms with van der Waals surface area (Å²) in [4.78, 5) is 14.1. The van der Waals surface area contributed by atoms with Crippen LogP contribution in [0.25, 0.3) is 0 Å². The third-order valence-corrected chi connectivity index (χ3v) is 9.72. The van der Waals surface area contributed by atoms with E-state index < -0.39 is 38.6 Å². The molecule has 6 nitrogen and oxygen atoms in total. The minimum Gasteiger partial charge on any atom is -0.325 e. The van der Waals surface area contributed by atoms with Gasteiger partial charge in [0.15, 0.2) is 0 Å². The molecule has 0 aliphatic carbocycles. The van der Waals surface area contributed by atoms with Crippen molar-refractivity contribution in [3.8, 4) is 0 Å². The Bertz CT molecular complexity index is 1090. The Balaban J connectivity index is 2.06. The average Bonchev–Trinajstić information content (AvgIpc) is 3.08. The van der Waals surface area contributed by atoms with Gasteiger partial charge in [0, 0.05) is 23.1 Å². The first-order chi connectivity index (χ1) is 13.3. The van der Waals surface area contributed by atoms with Crippen LogP contribution in [0.2, 0.25) is 10.8 Å². The standard InChI is InChI=1S/C15H17B3BrClFN3O3S2/c1-24-15(18,13(25)22-7-2-3-9(21)8(20)6-7)12(16)14(17,23-29(24,26)27)10-4-5-11(19)28-10/h2-6,12,23H,16-18H2,1H3,(H,22,25). The molecule has 1 aliphatic rings. The van der Waals surface area contributed by atoms with E-state index in [1.54, 1.807) is 15.7 Å². The first kappa shape index (κ1) is 22.8. The van der Waals surface area contributed by atoms with Gasteiger partial charge in [-0.15, -0.1) is 11.3 Å². The molecule has 1 amide bonds. The summed E-state index contributed by atoms with van der Waals surface area (Å²) in [5.41, 5.74) is -2.18. The molecular formula is C15H17B3BrClFN3O3S2. The lowest BCUT2D eigenvalue weighted by atomic mass is 9.47. The van der Waals surface area contributed by atoms with Crippen molar-refractivity contribution in [3.63, 3.8) is 0 Å². The highest BCUT2D eigenvalue weighted by Gasteiger charge is 2.59. The van der Waals surface area contributed by atoms with Crippen LogP contribution >= 0.6 is 38.9 Å². The molecule has 3 rings (SSSR count). The van der Waals surface area contributed by atoms with Gasteiger partial charge in [-0.2, -0.15) is 17.4 Å². The Hall–Kier alpha value is -0.845. The summed E-state index contributed by atoms with van der Waals surface area (Å²) in [6.07, 6.45) is 0. The van der Waals surface area contributed by atoms with E-state index in [4.69, 9.17) is 11.6 Å². The van der Waals surface area contributed by atoms with Crippen molar-refractivity contribution in [2.75, 3.05) is 12.4 Å². The molecule has 14 heteroatoms. The van der Waals surface area contributed by atoms with Crippen LogP contribution in [0.5, 0.6) is 0 Å². The van der Waals surface area contributed by atoms with E-state index in [9.17, 15) is 17.6 Å². The molecule has 1 aromatic heterocycles. The van der Waals surface area contributed by atoms with Crippen LogP contribution in [0, 0.1) is 5.82 Å². The molecule has 2 heterocycles. The van der Waals surface area contributed by atoms with Crippen molar-refractivity contribution < 1.29 is 17.6 Å². The fraction of sp³-hybridized carbons (Fsp3) is 0.267. The first-order valence-electron chi connectivity index (χ1n) is 8.62. The van der Waals surface area contributed by atoms with Crippen molar-refractivity contribution in [1.29, 1.82) is 0 Å². The summed E-state index contributed by atoms with van der Waals surface area (Å²) in [6.45, 7) is 0. The molecule has 2 N–H and O–H groups in total. The zero-order valence-electron chi connectivity index (χ0n) is 16.1. The van der Waals surface area contributed by atoms with Gasteiger partial charge in [-0.3, -0.25) is 4.79 Å². The molecule has 3 unspecified atom stereocenters. The molecule has 0 spiro atoms. The van der Waals surface area contributed by atoms with Crippen molar-refractivity contribution >= 4 is 84.2 Å². The van der Waals surface area contributed by atoms with Crippen LogP contribution in [-0.2, 0) is 20.4 Å². The first-order valence-corrected chi connectivity index (χ1v) is 12.1. The highest BCUT2D eigenvalue weighted by Crippen LogP contribution is 2.46. The summed E-state index contributed by atoms with van der Waals surface area (Å²) in [5, 5.41) is 2.55. The Morgan fingerprint density at radius 3 is 2.59 bits per heavy atom. The number of nitrogens with one attached hydrogen (secondary N) is 2. The normalized spacial score (nSPS) is 29.4. The second-order valence-electron chi connectivity index (χ2n) is 7.33. The zero-order valence-corrected chi connectivity index (χ0v) is 20.1. The molecule has 1 saturated heterocycles. The lowest BCUT2D eigenvalue weighted by molar-refractivity contribution is -0.122. The van der Waals surface area contributed by atoms with Crippen LogP contribution in [-0.4, -0.2) is 54.7 Å². The third kappa shape index (κ3) is 3.81. The predicted molar refractivity (Wildman–Crippen MR) is 126 cm³/mol. The predicted octanol–water partition coefficient (Wildman–Crippen LogP) is 0.258. The lowest BCUT2D eigenvalue weighted by Gasteiger charge is -2.54. The number of rotatable bonds is 3. The molecule has 1 aliphatic heterocycles. The highest BCUT2D eigenvalue weighted by molar-refractivity contribution is 9.11. The number of benzene rings is 1. The topological polar surface area (TPSA) is 78.5 Å². The second-order valence-corrected chi connectivity index (χ2v) is 11.9. The minimum absolute atomic E-state index is 0.138. The molecule has 0 bridgehead atoms. The van der Waals surface area contributed by atoms with E-state index in [1.807, 2.05) is 20.0 Å². The molecule has 0 saturated carbocycles. The SMILES string of the molecule is BC1C(B)(c2ccc(Br)s2)NS(=O)(=O)N(C)C1(B)C(=O)Nc1ccc(F)c(Cl)c1. The van der Waals surface area contributed by atoms with Gasteiger partial charge in [0.1, 0.15) is 29.4 Å². The summed E-state index contributed by atoms with van der Waals surface area (Å²) in [5.74, 6) is -1.62. The van der Waals surface area contributed by atoms with Gasteiger partial charge >= 0.3 is 0 Å². The van der Waals surface area contributed by atoms with E-state index >= 15 is 0 Å². The van der Waals surface area contributed by atoms with E-state index in [0.29, 0.717) is 0 Å². The van der Waals surface area contributed by atoms with Crippen molar-refractivity contribution in [1.82, 2.24) is 9.03 Å². The number of halogens is 3. The van der Waals surface area contributed by atoms with E-state index in [-0.39, 0.29) is 10.7 Å². The number of nitrogens with zero attached hydrogens (tertiary/aromatic N) is 1. The summed E-state index contributed by atoms with van der Waals surface area (Å²) in [6, 6.07) is 7.46. The maximum Gasteiger partial charge on any atom is 0.279 e. The molecular weight excluding hydrogens is 501 g/mol. The van der Waals surface area contributed by atoms with Gasteiger partial charge < -0.3 is 5.32 Å². The molecule has 29 heavy (non-hydrogen) atoms. The smallest absolute Gasteiger partial charge is 0.279 e. The van der Waals surface area contributed by atoms with Gasteiger partial charge in [-0.25, -0.2) is 4.39 Å². The average molecular weight is 518 g/mol. The number of hydrogen-bond donors (Lipinski definition) is 2. The Morgan fingerprint density at radius 1 is 1.38 bits per heavy atom. The van der Waals surface area contributed by atoms with Crippen LogP contribution in [0.4, 0.5) is 10.1 Å². The van der Waals surface area contributed by atoms with Crippen LogP contribution in [0.1, 0.15) is 4.88 Å². The summed E-state index contributed by atoms with van der Waals surface area (Å²) in [7, 11) is 2.56. The number of anilines is 1. The number of carbonyl (C=O) groups is 1. The van der Waals surface area contributed by atoms with Crippen LogP contribution < -0.4 is 10.0 Å². The van der Waals surface area contributed by atoms with Crippen LogP contribution in [0.3, 0.4) is 0 Å². The van der Waals surface area contributed by atoms with E-state index in [1.165, 1.54) is 30.5 Å². The Kier molecular flexibility index (Phi) is 6.05. The fourth-order valence-corrected chi connectivity index (χ4v) is 7.06. The summed E-state index contributed by atoms with van der Waals surface area (Å²) < 4.78 is 44.0. The number of thiophene rings is 1. The van der Waals surface area contributed by atoms with Crippen LogP contribution in [0.15, 0.2) is 34.1 Å². The highest BCUT2D eigenvalue weighted by atomic mass is 79.9. The van der Waals surface area contributed by atoms with Crippen molar-refractivity contribution in [2.45, 2.75) is 16.7 Å². The maximum absolute atomic E-state index is 13.4. The van der Waals surface area contributed by atoms with Gasteiger partial charge in [0.05, 0.1) is 14.2 Å². The number of amides is 1. The van der Waals surface area contributed by atoms with E-state index in [0.717, 1.165) is 19.0 Å². The van der Waals surface area contributed by atoms with Gasteiger partial charge in [-0.1, -0.05) is 11.6 Å². The molecule has 2 aromatic rings. The molecule has 1 aromatic carbocycles. The largest absolute Gasteiger partial charge is 0.325 e. The number of likely N-dealkylation sites (N-methyl/N-ethyl adjacent to an activating group) is 1. The Labute approximate surface area is 189 Å². The second kappa shape index (κ2) is 7.69. The van der Waals surface area contributed by atoms with Gasteiger partial charge in [0.25, 0.3) is 10.2 Å². The lowest BCUT2D eigenvalue weighted by Crippen LogP contribution is -2.74. The molecule has 1 fully saturated rings. The summed E-state index contributed by atoms with van der Waals surface area (Å²) >= 11 is 10.6. The minimum atomic E-state index is -3.97. The Morgan fingerprint density at radius 2 is 2.03 bits per heavy atom. The number of hydrogen-bond acceptors (Lipinski definition) is 4. The zero-order chi connectivity index (χ0) is 21.8.